The van der Waals surface area contributed by atoms with E-state index in [1.165, 1.54) is 42.1 Å². The van der Waals surface area contributed by atoms with E-state index in [2.05, 4.69) is 9.46 Å². The SMILES string of the molecule is COC(=O)Cn1cc(S(=O)(=O)Nc2ccc(F)cc2)c2cc([N+](=O)[O-])ccc21. The summed E-state index contributed by atoms with van der Waals surface area (Å²) in [6.07, 6.45) is 1.19. The van der Waals surface area contributed by atoms with Gasteiger partial charge < -0.3 is 9.30 Å². The molecule has 0 amide bonds. The van der Waals surface area contributed by atoms with Crippen LogP contribution in [0.4, 0.5) is 15.8 Å². The molecule has 3 rings (SSSR count). The Balaban J connectivity index is 2.14. The van der Waals surface area contributed by atoms with Gasteiger partial charge in [-0.05, 0) is 30.3 Å². The first kappa shape index (κ1) is 19.3. The van der Waals surface area contributed by atoms with Gasteiger partial charge in [-0.1, -0.05) is 0 Å². The first-order valence-corrected chi connectivity index (χ1v) is 9.32. The maximum absolute atomic E-state index is 13.0. The van der Waals surface area contributed by atoms with Gasteiger partial charge in [0.15, 0.2) is 0 Å². The number of ether oxygens (including phenoxy) is 1. The van der Waals surface area contributed by atoms with Crippen molar-refractivity contribution in [3.05, 3.63) is 64.6 Å². The number of carbonyl (C=O) groups excluding carboxylic acids is 1. The quantitative estimate of drug-likeness (QED) is 0.381. The van der Waals surface area contributed by atoms with Crippen molar-refractivity contribution in [3.63, 3.8) is 0 Å². The molecule has 0 radical (unpaired) electrons. The van der Waals surface area contributed by atoms with E-state index in [1.807, 2.05) is 0 Å². The average molecular weight is 407 g/mol. The molecule has 0 fully saturated rings. The van der Waals surface area contributed by atoms with Crippen LogP contribution in [0.15, 0.2) is 53.6 Å². The smallest absolute Gasteiger partial charge is 0.325 e. The number of non-ortho nitro benzene ring substituents is 1. The number of carbonyl (C=O) groups is 1. The molecule has 1 N–H and O–H groups in total. The third-order valence-electron chi connectivity index (χ3n) is 3.95. The molecular weight excluding hydrogens is 393 g/mol. The van der Waals surface area contributed by atoms with E-state index in [0.717, 1.165) is 18.2 Å². The highest BCUT2D eigenvalue weighted by atomic mass is 32.2. The monoisotopic (exact) mass is 407 g/mol. The molecule has 28 heavy (non-hydrogen) atoms. The summed E-state index contributed by atoms with van der Waals surface area (Å²) in [7, 11) is -3.00. The largest absolute Gasteiger partial charge is 0.468 e. The van der Waals surface area contributed by atoms with Crippen molar-refractivity contribution in [1.82, 2.24) is 4.57 Å². The number of rotatable bonds is 6. The highest BCUT2D eigenvalue weighted by Crippen LogP contribution is 2.30. The second-order valence-electron chi connectivity index (χ2n) is 5.77. The van der Waals surface area contributed by atoms with Crippen LogP contribution < -0.4 is 4.72 Å². The molecule has 9 nitrogen and oxygen atoms in total. The van der Waals surface area contributed by atoms with Crippen LogP contribution >= 0.6 is 0 Å². The van der Waals surface area contributed by atoms with Crippen molar-refractivity contribution in [2.45, 2.75) is 11.4 Å². The summed E-state index contributed by atoms with van der Waals surface area (Å²) >= 11 is 0. The van der Waals surface area contributed by atoms with Crippen LogP contribution in [0.3, 0.4) is 0 Å². The van der Waals surface area contributed by atoms with Crippen LogP contribution in [0.25, 0.3) is 10.9 Å². The van der Waals surface area contributed by atoms with Crippen molar-refractivity contribution < 1.29 is 27.3 Å². The number of hydrogen-bond acceptors (Lipinski definition) is 6. The summed E-state index contributed by atoms with van der Waals surface area (Å²) in [4.78, 5) is 21.8. The number of nitrogens with one attached hydrogen (secondary N) is 1. The second kappa shape index (κ2) is 7.27. The van der Waals surface area contributed by atoms with E-state index >= 15 is 0 Å². The lowest BCUT2D eigenvalue weighted by Gasteiger charge is -2.07. The number of benzene rings is 2. The van der Waals surface area contributed by atoms with Crippen LogP contribution in [-0.4, -0.2) is 31.0 Å². The first-order valence-electron chi connectivity index (χ1n) is 7.84. The van der Waals surface area contributed by atoms with Crippen LogP contribution in [-0.2, 0) is 26.1 Å². The fourth-order valence-corrected chi connectivity index (χ4v) is 3.92. The molecule has 0 saturated heterocycles. The van der Waals surface area contributed by atoms with Gasteiger partial charge in [0.25, 0.3) is 15.7 Å². The Kier molecular flexibility index (Phi) is 5.01. The Hall–Kier alpha value is -3.47. The Morgan fingerprint density at radius 1 is 1.25 bits per heavy atom. The molecule has 0 saturated carbocycles. The van der Waals surface area contributed by atoms with E-state index in [9.17, 15) is 27.7 Å². The average Bonchev–Trinajstić information content (AvgIpc) is 3.02. The maximum atomic E-state index is 13.0. The molecular formula is C17H14FN3O6S. The summed E-state index contributed by atoms with van der Waals surface area (Å²) in [5, 5.41) is 11.1. The lowest BCUT2D eigenvalue weighted by molar-refractivity contribution is -0.384. The van der Waals surface area contributed by atoms with Crippen LogP contribution in [0.2, 0.25) is 0 Å². The lowest BCUT2D eigenvalue weighted by Crippen LogP contribution is -2.13. The summed E-state index contributed by atoms with van der Waals surface area (Å²) in [5.74, 6) is -1.15. The molecule has 1 aromatic heterocycles. The number of aromatic nitrogens is 1. The van der Waals surface area contributed by atoms with Crippen molar-refractivity contribution in [2.75, 3.05) is 11.8 Å². The highest BCUT2D eigenvalue weighted by Gasteiger charge is 2.24. The zero-order valence-corrected chi connectivity index (χ0v) is 15.3. The molecule has 0 spiro atoms. The number of halogens is 1. The highest BCUT2D eigenvalue weighted by molar-refractivity contribution is 7.93. The third kappa shape index (κ3) is 3.78. The van der Waals surface area contributed by atoms with Crippen molar-refractivity contribution in [1.29, 1.82) is 0 Å². The Morgan fingerprint density at radius 3 is 2.54 bits per heavy atom. The number of methoxy groups -OCH3 is 1. The van der Waals surface area contributed by atoms with Gasteiger partial charge in [0, 0.05) is 29.4 Å². The summed E-state index contributed by atoms with van der Waals surface area (Å²) in [5.41, 5.74) is 0.109. The zero-order valence-electron chi connectivity index (χ0n) is 14.5. The zero-order chi connectivity index (χ0) is 20.5. The molecule has 0 aliphatic rings. The minimum Gasteiger partial charge on any atom is -0.468 e. The maximum Gasteiger partial charge on any atom is 0.325 e. The van der Waals surface area contributed by atoms with Crippen LogP contribution in [0.5, 0.6) is 0 Å². The first-order chi connectivity index (χ1) is 13.2. The van der Waals surface area contributed by atoms with Gasteiger partial charge in [-0.25, -0.2) is 12.8 Å². The number of nitro groups is 1. The summed E-state index contributed by atoms with van der Waals surface area (Å²) in [6.45, 7) is -0.281. The number of fused-ring (bicyclic) bond motifs is 1. The standard InChI is InChI=1S/C17H14FN3O6S/c1-27-17(22)10-20-9-16(14-8-13(21(23)24)6-7-15(14)20)28(25,26)19-12-4-2-11(18)3-5-12/h2-9,19H,10H2,1H3. The van der Waals surface area contributed by atoms with E-state index in [0.29, 0.717) is 5.52 Å². The third-order valence-corrected chi connectivity index (χ3v) is 5.36. The number of nitrogens with zero attached hydrogens (tertiary/aromatic N) is 2. The van der Waals surface area contributed by atoms with E-state index in [4.69, 9.17) is 0 Å². The molecule has 2 aromatic carbocycles. The molecule has 0 aliphatic carbocycles. The summed E-state index contributed by atoms with van der Waals surface area (Å²) < 4.78 is 46.9. The van der Waals surface area contributed by atoms with Crippen molar-refractivity contribution in [2.24, 2.45) is 0 Å². The minimum atomic E-state index is -4.18. The van der Waals surface area contributed by atoms with E-state index in [1.54, 1.807) is 0 Å². The van der Waals surface area contributed by atoms with Crippen LogP contribution in [0, 0.1) is 15.9 Å². The Morgan fingerprint density at radius 2 is 1.93 bits per heavy atom. The topological polar surface area (TPSA) is 121 Å². The summed E-state index contributed by atoms with van der Waals surface area (Å²) in [6, 6.07) is 8.33. The molecule has 0 unspecified atom stereocenters. The predicted octanol–water partition coefficient (Wildman–Crippen LogP) is 2.66. The lowest BCUT2D eigenvalue weighted by atomic mass is 10.2. The fourth-order valence-electron chi connectivity index (χ4n) is 2.64. The van der Waals surface area contributed by atoms with Gasteiger partial charge in [-0.2, -0.15) is 0 Å². The van der Waals surface area contributed by atoms with Crippen molar-refractivity contribution in [3.8, 4) is 0 Å². The van der Waals surface area contributed by atoms with Gasteiger partial charge in [0.1, 0.15) is 17.3 Å². The van der Waals surface area contributed by atoms with E-state index in [-0.39, 0.29) is 28.2 Å². The number of esters is 1. The molecule has 0 atom stereocenters. The van der Waals surface area contributed by atoms with Gasteiger partial charge >= 0.3 is 5.97 Å². The molecule has 3 aromatic rings. The minimum absolute atomic E-state index is 0.0627. The van der Waals surface area contributed by atoms with Crippen molar-refractivity contribution >= 4 is 38.3 Å². The van der Waals surface area contributed by atoms with Gasteiger partial charge in [-0.3, -0.25) is 19.6 Å². The Labute approximate surface area is 158 Å². The van der Waals surface area contributed by atoms with E-state index < -0.39 is 26.7 Å². The molecule has 0 aliphatic heterocycles. The molecule has 1 heterocycles. The van der Waals surface area contributed by atoms with Gasteiger partial charge in [0.2, 0.25) is 0 Å². The number of sulfonamides is 1. The van der Waals surface area contributed by atoms with Gasteiger partial charge in [-0.15, -0.1) is 0 Å². The normalized spacial score (nSPS) is 11.4. The predicted molar refractivity (Wildman–Crippen MR) is 97.8 cm³/mol. The molecule has 0 bridgehead atoms. The number of anilines is 1. The molecule has 11 heteroatoms. The fraction of sp³-hybridized carbons (Fsp3) is 0.118. The Bertz CT molecular complexity index is 1170. The van der Waals surface area contributed by atoms with Crippen LogP contribution in [0.1, 0.15) is 0 Å². The number of hydrogen-bond donors (Lipinski definition) is 1. The van der Waals surface area contributed by atoms with Gasteiger partial charge in [0.05, 0.1) is 17.5 Å². The number of nitro benzene ring substituents is 1. The second-order valence-corrected chi connectivity index (χ2v) is 7.42. The molecule has 146 valence electrons.